The number of hydrogen-bond acceptors (Lipinski definition) is 5. The number of hydrogen-bond donors (Lipinski definition) is 2. The van der Waals surface area contributed by atoms with Crippen LogP contribution in [0.4, 0.5) is 5.69 Å². The normalized spacial score (nSPS) is 11.8. The molecule has 0 aliphatic carbocycles. The summed E-state index contributed by atoms with van der Waals surface area (Å²) in [6, 6.07) is 14.3. The average molecular weight is 526 g/mol. The first-order valence-electron chi connectivity index (χ1n) is 11.9. The van der Waals surface area contributed by atoms with Crippen molar-refractivity contribution in [3.63, 3.8) is 0 Å². The van der Waals surface area contributed by atoms with E-state index in [2.05, 4.69) is 48.2 Å². The van der Waals surface area contributed by atoms with Gasteiger partial charge in [0.05, 0.1) is 22.4 Å². The Labute approximate surface area is 221 Å². The SMILES string of the molecule is C=CCn1c(SCC(=O)Nc2ccc(CC)cc2)nnc1[C@H](CC(C)C)NC(=O)c1ccccc1Cl. The number of amides is 2. The number of carbonyl (C=O) groups is 2. The molecule has 0 fully saturated rings. The van der Waals surface area contributed by atoms with Crippen LogP contribution in [0.1, 0.15) is 55.0 Å². The van der Waals surface area contributed by atoms with E-state index in [1.165, 1.54) is 17.3 Å². The zero-order valence-electron chi connectivity index (χ0n) is 20.8. The molecule has 0 spiro atoms. The van der Waals surface area contributed by atoms with Gasteiger partial charge in [0.15, 0.2) is 11.0 Å². The molecule has 2 N–H and O–H groups in total. The smallest absolute Gasteiger partial charge is 0.253 e. The van der Waals surface area contributed by atoms with Gasteiger partial charge in [-0.15, -0.1) is 16.8 Å². The van der Waals surface area contributed by atoms with Gasteiger partial charge in [0.2, 0.25) is 5.91 Å². The lowest BCUT2D eigenvalue weighted by Gasteiger charge is -2.21. The van der Waals surface area contributed by atoms with Crippen LogP contribution in [0.3, 0.4) is 0 Å². The predicted octanol–water partition coefficient (Wildman–Crippen LogP) is 5.93. The van der Waals surface area contributed by atoms with E-state index in [9.17, 15) is 9.59 Å². The molecule has 3 aromatic rings. The molecule has 0 radical (unpaired) electrons. The Balaban J connectivity index is 1.75. The average Bonchev–Trinajstić information content (AvgIpc) is 3.25. The second-order valence-electron chi connectivity index (χ2n) is 8.76. The van der Waals surface area contributed by atoms with Crippen LogP contribution < -0.4 is 10.6 Å². The first kappa shape index (κ1) is 27.5. The van der Waals surface area contributed by atoms with Gasteiger partial charge in [-0.2, -0.15) is 0 Å². The molecule has 1 aromatic heterocycles. The van der Waals surface area contributed by atoms with Crippen LogP contribution in [0.25, 0.3) is 0 Å². The number of aromatic nitrogens is 3. The molecule has 1 atom stereocenters. The summed E-state index contributed by atoms with van der Waals surface area (Å²) in [5.74, 6) is 0.663. The van der Waals surface area contributed by atoms with E-state index in [1.54, 1.807) is 30.3 Å². The van der Waals surface area contributed by atoms with Crippen LogP contribution in [0.5, 0.6) is 0 Å². The summed E-state index contributed by atoms with van der Waals surface area (Å²) in [4.78, 5) is 25.6. The lowest BCUT2D eigenvalue weighted by Crippen LogP contribution is -2.32. The van der Waals surface area contributed by atoms with Crippen LogP contribution in [-0.2, 0) is 17.8 Å². The molecule has 0 bridgehead atoms. The number of thioether (sulfide) groups is 1. The lowest BCUT2D eigenvalue weighted by molar-refractivity contribution is -0.113. The maximum Gasteiger partial charge on any atom is 0.253 e. The summed E-state index contributed by atoms with van der Waals surface area (Å²) >= 11 is 7.53. The van der Waals surface area contributed by atoms with Gasteiger partial charge in [-0.25, -0.2) is 0 Å². The van der Waals surface area contributed by atoms with Gasteiger partial charge in [-0.05, 0) is 48.6 Å². The van der Waals surface area contributed by atoms with Crippen molar-refractivity contribution in [3.05, 3.63) is 83.2 Å². The molecule has 7 nitrogen and oxygen atoms in total. The highest BCUT2D eigenvalue weighted by atomic mass is 35.5. The zero-order valence-corrected chi connectivity index (χ0v) is 22.4. The van der Waals surface area contributed by atoms with Crippen molar-refractivity contribution in [2.75, 3.05) is 11.1 Å². The summed E-state index contributed by atoms with van der Waals surface area (Å²) in [7, 11) is 0. The van der Waals surface area contributed by atoms with E-state index < -0.39 is 0 Å². The summed E-state index contributed by atoms with van der Waals surface area (Å²) < 4.78 is 1.89. The number of nitrogens with zero attached hydrogens (tertiary/aromatic N) is 3. The summed E-state index contributed by atoms with van der Waals surface area (Å²) in [6.45, 7) is 10.5. The number of rotatable bonds is 12. The fraction of sp³-hybridized carbons (Fsp3) is 0.333. The molecule has 2 amide bonds. The Morgan fingerprint density at radius 2 is 1.86 bits per heavy atom. The number of halogens is 1. The van der Waals surface area contributed by atoms with Gasteiger partial charge >= 0.3 is 0 Å². The van der Waals surface area contributed by atoms with Crippen molar-refractivity contribution >= 4 is 40.9 Å². The van der Waals surface area contributed by atoms with Crippen molar-refractivity contribution in [3.8, 4) is 0 Å². The number of benzene rings is 2. The van der Waals surface area contributed by atoms with E-state index in [0.29, 0.717) is 34.5 Å². The van der Waals surface area contributed by atoms with Crippen LogP contribution in [0, 0.1) is 5.92 Å². The van der Waals surface area contributed by atoms with E-state index in [4.69, 9.17) is 11.6 Å². The van der Waals surface area contributed by atoms with E-state index in [0.717, 1.165) is 12.1 Å². The topological polar surface area (TPSA) is 88.9 Å². The molecule has 0 unspecified atom stereocenters. The highest BCUT2D eigenvalue weighted by Crippen LogP contribution is 2.26. The highest BCUT2D eigenvalue weighted by molar-refractivity contribution is 7.99. The molecule has 9 heteroatoms. The summed E-state index contributed by atoms with van der Waals surface area (Å²) in [5.41, 5.74) is 2.37. The second kappa shape index (κ2) is 13.3. The Morgan fingerprint density at radius 1 is 1.14 bits per heavy atom. The second-order valence-corrected chi connectivity index (χ2v) is 10.1. The molecule has 1 heterocycles. The fourth-order valence-corrected chi connectivity index (χ4v) is 4.67. The number of anilines is 1. The van der Waals surface area contributed by atoms with Crippen LogP contribution in [0.2, 0.25) is 5.02 Å². The van der Waals surface area contributed by atoms with E-state index in [1.807, 2.05) is 28.8 Å². The van der Waals surface area contributed by atoms with Gasteiger partial charge in [0, 0.05) is 12.2 Å². The molecule has 0 saturated carbocycles. The maximum absolute atomic E-state index is 13.0. The minimum Gasteiger partial charge on any atom is -0.342 e. The third kappa shape index (κ3) is 7.45. The molecule has 2 aromatic carbocycles. The van der Waals surface area contributed by atoms with Crippen molar-refractivity contribution in [2.45, 2.75) is 51.4 Å². The minimum absolute atomic E-state index is 0.135. The molecular formula is C27H32ClN5O2S. The van der Waals surface area contributed by atoms with Gasteiger partial charge in [0.1, 0.15) is 0 Å². The van der Waals surface area contributed by atoms with Crippen LogP contribution in [-0.4, -0.2) is 32.3 Å². The summed E-state index contributed by atoms with van der Waals surface area (Å²) in [5, 5.41) is 15.7. The number of carbonyl (C=O) groups excluding carboxylic acids is 2. The first-order valence-corrected chi connectivity index (χ1v) is 13.3. The van der Waals surface area contributed by atoms with Gasteiger partial charge < -0.3 is 15.2 Å². The van der Waals surface area contributed by atoms with Crippen LogP contribution >= 0.6 is 23.4 Å². The van der Waals surface area contributed by atoms with E-state index in [-0.39, 0.29) is 29.5 Å². The van der Waals surface area contributed by atoms with Crippen molar-refractivity contribution in [2.24, 2.45) is 5.92 Å². The van der Waals surface area contributed by atoms with Gasteiger partial charge in [0.25, 0.3) is 5.91 Å². The molecule has 0 aliphatic rings. The molecule has 3 rings (SSSR count). The molecule has 36 heavy (non-hydrogen) atoms. The lowest BCUT2D eigenvalue weighted by atomic mass is 10.0. The molecule has 0 aliphatic heterocycles. The van der Waals surface area contributed by atoms with Crippen molar-refractivity contribution < 1.29 is 9.59 Å². The van der Waals surface area contributed by atoms with Crippen LogP contribution in [0.15, 0.2) is 66.3 Å². The van der Waals surface area contributed by atoms with Crippen molar-refractivity contribution in [1.82, 2.24) is 20.1 Å². The number of aryl methyl sites for hydroxylation is 1. The Hall–Kier alpha value is -3.10. The third-order valence-electron chi connectivity index (χ3n) is 5.48. The molecule has 0 saturated heterocycles. The predicted molar refractivity (Wildman–Crippen MR) is 147 cm³/mol. The highest BCUT2D eigenvalue weighted by Gasteiger charge is 2.25. The molecule has 190 valence electrons. The third-order valence-corrected chi connectivity index (χ3v) is 6.77. The summed E-state index contributed by atoms with van der Waals surface area (Å²) in [6.07, 6.45) is 3.35. The monoisotopic (exact) mass is 525 g/mol. The molecular weight excluding hydrogens is 494 g/mol. The first-order chi connectivity index (χ1) is 17.3. The Morgan fingerprint density at radius 3 is 2.50 bits per heavy atom. The largest absolute Gasteiger partial charge is 0.342 e. The van der Waals surface area contributed by atoms with Gasteiger partial charge in [-0.3, -0.25) is 9.59 Å². The van der Waals surface area contributed by atoms with E-state index >= 15 is 0 Å². The number of allylic oxidation sites excluding steroid dienone is 1. The quantitative estimate of drug-likeness (QED) is 0.226. The number of nitrogens with one attached hydrogen (secondary N) is 2. The Bertz CT molecular complexity index is 1190. The van der Waals surface area contributed by atoms with Gasteiger partial charge in [-0.1, -0.05) is 74.5 Å². The van der Waals surface area contributed by atoms with Crippen molar-refractivity contribution in [1.29, 1.82) is 0 Å². The fourth-order valence-electron chi connectivity index (χ4n) is 3.70. The Kier molecular flexibility index (Phi) is 10.1. The standard InChI is InChI=1S/C27H32ClN5O2S/c1-5-15-33-25(23(16-18(3)4)30-26(35)21-9-7-8-10-22(21)28)31-32-27(33)36-17-24(34)29-20-13-11-19(6-2)12-14-20/h5,7-14,18,23H,1,6,15-17H2,2-4H3,(H,29,34)(H,30,35)/t23-/m0/s1. The maximum atomic E-state index is 13.0. The minimum atomic E-state index is -0.388. The zero-order chi connectivity index (χ0) is 26.1.